The summed E-state index contributed by atoms with van der Waals surface area (Å²) in [4.78, 5) is 2.55. The average molecular weight is 184 g/mol. The average Bonchev–Trinajstić information content (AvgIpc) is 2.09. The van der Waals surface area contributed by atoms with Crippen LogP contribution in [-0.4, -0.2) is 31.1 Å². The molecule has 0 heterocycles. The van der Waals surface area contributed by atoms with Gasteiger partial charge in [0.2, 0.25) is 0 Å². The quantitative estimate of drug-likeness (QED) is 0.682. The SMILES string of the molecule is CCCN(CC)CC1(CN)CCC1. The lowest BCUT2D eigenvalue weighted by atomic mass is 9.68. The Morgan fingerprint density at radius 1 is 1.31 bits per heavy atom. The van der Waals surface area contributed by atoms with Crippen molar-refractivity contribution >= 4 is 0 Å². The first-order valence-electron chi connectivity index (χ1n) is 5.69. The zero-order valence-electron chi connectivity index (χ0n) is 9.18. The topological polar surface area (TPSA) is 29.3 Å². The first-order valence-corrected chi connectivity index (χ1v) is 5.69. The highest BCUT2D eigenvalue weighted by Gasteiger charge is 2.36. The van der Waals surface area contributed by atoms with Crippen LogP contribution in [0.25, 0.3) is 0 Å². The van der Waals surface area contributed by atoms with Crippen LogP contribution in [0.2, 0.25) is 0 Å². The predicted octanol–water partition coefficient (Wildman–Crippen LogP) is 1.85. The Bertz CT molecular complexity index is 136. The van der Waals surface area contributed by atoms with E-state index in [1.54, 1.807) is 0 Å². The van der Waals surface area contributed by atoms with E-state index in [9.17, 15) is 0 Å². The number of nitrogens with two attached hydrogens (primary N) is 1. The number of hydrogen-bond donors (Lipinski definition) is 1. The molecule has 2 nitrogen and oxygen atoms in total. The van der Waals surface area contributed by atoms with E-state index >= 15 is 0 Å². The smallest absolute Gasteiger partial charge is 0.00499 e. The summed E-state index contributed by atoms with van der Waals surface area (Å²) in [6.45, 7) is 9.02. The lowest BCUT2D eigenvalue weighted by molar-refractivity contribution is 0.0774. The van der Waals surface area contributed by atoms with Gasteiger partial charge < -0.3 is 10.6 Å². The molecule has 0 aromatic rings. The van der Waals surface area contributed by atoms with Crippen molar-refractivity contribution < 1.29 is 0 Å². The summed E-state index contributed by atoms with van der Waals surface area (Å²) in [5.74, 6) is 0. The van der Waals surface area contributed by atoms with Gasteiger partial charge in [0.05, 0.1) is 0 Å². The van der Waals surface area contributed by atoms with Crippen molar-refractivity contribution in [3.63, 3.8) is 0 Å². The molecule has 0 bridgehead atoms. The van der Waals surface area contributed by atoms with Gasteiger partial charge in [-0.3, -0.25) is 0 Å². The fourth-order valence-electron chi connectivity index (χ4n) is 2.24. The van der Waals surface area contributed by atoms with Gasteiger partial charge in [0.15, 0.2) is 0 Å². The van der Waals surface area contributed by atoms with Crippen molar-refractivity contribution in [3.8, 4) is 0 Å². The number of hydrogen-bond acceptors (Lipinski definition) is 2. The molecule has 1 aliphatic rings. The molecule has 0 aromatic heterocycles. The summed E-state index contributed by atoms with van der Waals surface area (Å²) in [6, 6.07) is 0. The fourth-order valence-corrected chi connectivity index (χ4v) is 2.24. The summed E-state index contributed by atoms with van der Waals surface area (Å²) in [5, 5.41) is 0. The van der Waals surface area contributed by atoms with Gasteiger partial charge in [-0.15, -0.1) is 0 Å². The molecule has 1 saturated carbocycles. The molecule has 13 heavy (non-hydrogen) atoms. The van der Waals surface area contributed by atoms with Crippen LogP contribution in [0, 0.1) is 5.41 Å². The van der Waals surface area contributed by atoms with Gasteiger partial charge in [-0.05, 0) is 44.3 Å². The zero-order chi connectivity index (χ0) is 9.73. The molecule has 1 aliphatic carbocycles. The van der Waals surface area contributed by atoms with Crippen molar-refractivity contribution in [3.05, 3.63) is 0 Å². The monoisotopic (exact) mass is 184 g/mol. The fraction of sp³-hybridized carbons (Fsp3) is 1.00. The van der Waals surface area contributed by atoms with Crippen LogP contribution in [0.4, 0.5) is 0 Å². The second-order valence-corrected chi connectivity index (χ2v) is 4.43. The second-order valence-electron chi connectivity index (χ2n) is 4.43. The van der Waals surface area contributed by atoms with Crippen LogP contribution in [0.3, 0.4) is 0 Å². The molecule has 2 N–H and O–H groups in total. The largest absolute Gasteiger partial charge is 0.330 e. The maximum atomic E-state index is 5.84. The molecule has 1 rings (SSSR count). The summed E-state index contributed by atoms with van der Waals surface area (Å²) in [6.07, 6.45) is 5.35. The lowest BCUT2D eigenvalue weighted by Crippen LogP contribution is -2.47. The molecule has 0 aromatic carbocycles. The molecule has 0 radical (unpaired) electrons. The van der Waals surface area contributed by atoms with Crippen molar-refractivity contribution in [2.45, 2.75) is 39.5 Å². The Kier molecular flexibility index (Phi) is 4.20. The van der Waals surface area contributed by atoms with Crippen LogP contribution in [0.15, 0.2) is 0 Å². The van der Waals surface area contributed by atoms with Crippen LogP contribution >= 0.6 is 0 Å². The van der Waals surface area contributed by atoms with E-state index < -0.39 is 0 Å². The summed E-state index contributed by atoms with van der Waals surface area (Å²) in [5.41, 5.74) is 6.33. The molecular formula is C11H24N2. The first-order chi connectivity index (χ1) is 6.26. The van der Waals surface area contributed by atoms with Crippen molar-refractivity contribution in [1.82, 2.24) is 4.90 Å². The van der Waals surface area contributed by atoms with Gasteiger partial charge in [0.1, 0.15) is 0 Å². The lowest BCUT2D eigenvalue weighted by Gasteiger charge is -2.44. The molecule has 78 valence electrons. The number of nitrogens with zero attached hydrogens (tertiary/aromatic N) is 1. The summed E-state index contributed by atoms with van der Waals surface area (Å²) < 4.78 is 0. The Morgan fingerprint density at radius 3 is 2.31 bits per heavy atom. The molecule has 0 aliphatic heterocycles. The predicted molar refractivity (Wildman–Crippen MR) is 57.7 cm³/mol. The molecule has 2 heteroatoms. The van der Waals surface area contributed by atoms with E-state index in [1.807, 2.05) is 0 Å². The first kappa shape index (κ1) is 11.0. The van der Waals surface area contributed by atoms with Gasteiger partial charge in [-0.25, -0.2) is 0 Å². The van der Waals surface area contributed by atoms with Crippen molar-refractivity contribution in [2.24, 2.45) is 11.1 Å². The maximum Gasteiger partial charge on any atom is 0.00499 e. The van der Waals surface area contributed by atoms with Gasteiger partial charge in [0, 0.05) is 6.54 Å². The third-order valence-corrected chi connectivity index (χ3v) is 3.39. The molecule has 0 spiro atoms. The molecule has 0 saturated heterocycles. The van der Waals surface area contributed by atoms with Gasteiger partial charge in [-0.2, -0.15) is 0 Å². The van der Waals surface area contributed by atoms with Gasteiger partial charge in [0.25, 0.3) is 0 Å². The van der Waals surface area contributed by atoms with E-state index in [4.69, 9.17) is 5.73 Å². The Morgan fingerprint density at radius 2 is 2.00 bits per heavy atom. The van der Waals surface area contributed by atoms with Crippen LogP contribution in [0.1, 0.15) is 39.5 Å². The minimum Gasteiger partial charge on any atom is -0.330 e. The molecule has 0 amide bonds. The molecule has 0 atom stereocenters. The normalized spacial score (nSPS) is 20.3. The van der Waals surface area contributed by atoms with E-state index in [0.717, 1.165) is 6.54 Å². The Labute approximate surface area is 82.5 Å². The zero-order valence-corrected chi connectivity index (χ0v) is 9.18. The molecular weight excluding hydrogens is 160 g/mol. The highest BCUT2D eigenvalue weighted by atomic mass is 15.1. The number of rotatable bonds is 6. The minimum absolute atomic E-state index is 0.491. The van der Waals surface area contributed by atoms with E-state index in [0.29, 0.717) is 5.41 Å². The Hall–Kier alpha value is -0.0800. The van der Waals surface area contributed by atoms with Crippen LogP contribution in [-0.2, 0) is 0 Å². The van der Waals surface area contributed by atoms with Gasteiger partial charge >= 0.3 is 0 Å². The van der Waals surface area contributed by atoms with Crippen LogP contribution < -0.4 is 5.73 Å². The molecule has 1 fully saturated rings. The van der Waals surface area contributed by atoms with E-state index in [-0.39, 0.29) is 0 Å². The molecule has 0 unspecified atom stereocenters. The Balaban J connectivity index is 2.34. The van der Waals surface area contributed by atoms with E-state index in [2.05, 4.69) is 18.7 Å². The summed E-state index contributed by atoms with van der Waals surface area (Å²) >= 11 is 0. The van der Waals surface area contributed by atoms with Gasteiger partial charge in [-0.1, -0.05) is 20.3 Å². The highest BCUT2D eigenvalue weighted by molar-refractivity contribution is 4.90. The minimum atomic E-state index is 0.491. The third-order valence-electron chi connectivity index (χ3n) is 3.39. The van der Waals surface area contributed by atoms with Crippen molar-refractivity contribution in [1.29, 1.82) is 0 Å². The van der Waals surface area contributed by atoms with E-state index in [1.165, 1.54) is 45.3 Å². The second kappa shape index (κ2) is 4.97. The summed E-state index contributed by atoms with van der Waals surface area (Å²) in [7, 11) is 0. The van der Waals surface area contributed by atoms with Crippen LogP contribution in [0.5, 0.6) is 0 Å². The standard InChI is InChI=1S/C11H24N2/c1-3-8-13(4-2)10-11(9-12)6-5-7-11/h3-10,12H2,1-2H3. The van der Waals surface area contributed by atoms with Crippen molar-refractivity contribution in [2.75, 3.05) is 26.2 Å². The third kappa shape index (κ3) is 2.68. The maximum absolute atomic E-state index is 5.84. The highest BCUT2D eigenvalue weighted by Crippen LogP contribution is 2.40.